The fraction of sp³-hybridized carbons (Fsp3) is 0.0769. The highest BCUT2D eigenvalue weighted by Crippen LogP contribution is 2.20. The zero-order valence-corrected chi connectivity index (χ0v) is 8.92. The van der Waals surface area contributed by atoms with Crippen molar-refractivity contribution in [1.29, 1.82) is 0 Å². The Morgan fingerprint density at radius 3 is 2.71 bits per heavy atom. The van der Waals surface area contributed by atoms with Crippen LogP contribution in [0.1, 0.15) is 0 Å². The summed E-state index contributed by atoms with van der Waals surface area (Å²) in [7, 11) is 0. The normalized spacial score (nSPS) is 9.65. The maximum absolute atomic E-state index is 10.9. The number of benzene rings is 2. The second-order valence-electron chi connectivity index (χ2n) is 3.39. The van der Waals surface area contributed by atoms with Crippen LogP contribution in [0.5, 0.6) is 5.75 Å². The van der Waals surface area contributed by atoms with Crippen molar-refractivity contribution in [3.05, 3.63) is 42.5 Å². The van der Waals surface area contributed by atoms with Gasteiger partial charge in [0, 0.05) is 0 Å². The molecule has 0 saturated carbocycles. The van der Waals surface area contributed by atoms with E-state index in [1.54, 1.807) is 6.07 Å². The zero-order chi connectivity index (χ0) is 12.1. The third kappa shape index (κ3) is 2.77. The number of ether oxygens (including phenoxy) is 1. The lowest BCUT2D eigenvalue weighted by Gasteiger charge is -2.04. The van der Waals surface area contributed by atoms with Gasteiger partial charge >= 0.3 is 0 Å². The van der Waals surface area contributed by atoms with Gasteiger partial charge < -0.3 is 4.74 Å². The van der Waals surface area contributed by atoms with E-state index in [2.05, 4.69) is 4.99 Å². The number of amides is 1. The minimum atomic E-state index is -0.645. The highest BCUT2D eigenvalue weighted by molar-refractivity contribution is 5.84. The molecule has 2 aromatic rings. The Bertz CT molecular complexity index is 600. The highest BCUT2D eigenvalue weighted by atomic mass is 16.5. The molecule has 0 atom stereocenters. The van der Waals surface area contributed by atoms with Crippen LogP contribution in [0.25, 0.3) is 10.8 Å². The van der Waals surface area contributed by atoms with Gasteiger partial charge in [-0.1, -0.05) is 30.3 Å². The molecule has 0 aliphatic heterocycles. The summed E-state index contributed by atoms with van der Waals surface area (Å²) < 4.78 is 5.21. The van der Waals surface area contributed by atoms with E-state index < -0.39 is 5.91 Å². The van der Waals surface area contributed by atoms with E-state index in [0.717, 1.165) is 10.8 Å². The summed E-state index contributed by atoms with van der Waals surface area (Å²) in [6.45, 7) is -0.256. The molecule has 0 bridgehead atoms. The van der Waals surface area contributed by atoms with Crippen molar-refractivity contribution >= 4 is 22.8 Å². The van der Waals surface area contributed by atoms with E-state index in [1.807, 2.05) is 36.4 Å². The summed E-state index contributed by atoms with van der Waals surface area (Å²) in [5, 5.41) is 2.12. The topological polar surface area (TPSA) is 55.7 Å². The van der Waals surface area contributed by atoms with Crippen LogP contribution in [0.3, 0.4) is 0 Å². The number of nitrogens with zero attached hydrogens (tertiary/aromatic N) is 1. The number of carbonyl (C=O) groups excluding carboxylic acids is 2. The molecule has 0 N–H and O–H groups in total. The average molecular weight is 227 g/mol. The van der Waals surface area contributed by atoms with Crippen LogP contribution in [0.2, 0.25) is 0 Å². The standard InChI is InChI=1S/C13H9NO3/c15-9-14-13(16)8-17-12-6-5-10-3-1-2-4-11(10)7-12/h1-7H,8H2. The van der Waals surface area contributed by atoms with Crippen molar-refractivity contribution in [3.63, 3.8) is 0 Å². The Labute approximate surface area is 97.5 Å². The molecule has 0 fully saturated rings. The van der Waals surface area contributed by atoms with Crippen molar-refractivity contribution in [2.45, 2.75) is 0 Å². The van der Waals surface area contributed by atoms with Crippen molar-refractivity contribution in [2.24, 2.45) is 4.99 Å². The number of hydrogen-bond acceptors (Lipinski definition) is 3. The third-order valence-corrected chi connectivity index (χ3v) is 2.25. The second kappa shape index (κ2) is 5.05. The number of isocyanates is 1. The molecule has 84 valence electrons. The predicted octanol–water partition coefficient (Wildman–Crippen LogP) is 2.08. The minimum absolute atomic E-state index is 0.256. The van der Waals surface area contributed by atoms with Crippen molar-refractivity contribution in [3.8, 4) is 5.75 Å². The Morgan fingerprint density at radius 2 is 1.94 bits per heavy atom. The predicted molar refractivity (Wildman–Crippen MR) is 62.6 cm³/mol. The van der Waals surface area contributed by atoms with E-state index in [-0.39, 0.29) is 6.61 Å². The Hall–Kier alpha value is -2.45. The lowest BCUT2D eigenvalue weighted by molar-refractivity contribution is -0.119. The highest BCUT2D eigenvalue weighted by Gasteiger charge is 2.01. The van der Waals surface area contributed by atoms with Gasteiger partial charge in [0.15, 0.2) is 6.61 Å². The van der Waals surface area contributed by atoms with Gasteiger partial charge in [-0.25, -0.2) is 4.79 Å². The second-order valence-corrected chi connectivity index (χ2v) is 3.39. The average Bonchev–Trinajstić information content (AvgIpc) is 2.36. The zero-order valence-electron chi connectivity index (χ0n) is 8.92. The first kappa shape index (κ1) is 11.0. The first-order valence-corrected chi connectivity index (χ1v) is 5.02. The van der Waals surface area contributed by atoms with Crippen LogP contribution in [-0.4, -0.2) is 18.6 Å². The summed E-state index contributed by atoms with van der Waals surface area (Å²) in [5.41, 5.74) is 0. The number of carbonyl (C=O) groups is 1. The quantitative estimate of drug-likeness (QED) is 0.595. The van der Waals surface area contributed by atoms with E-state index in [9.17, 15) is 9.59 Å². The monoisotopic (exact) mass is 227 g/mol. The van der Waals surface area contributed by atoms with E-state index in [0.29, 0.717) is 5.75 Å². The van der Waals surface area contributed by atoms with Gasteiger partial charge in [-0.2, -0.15) is 0 Å². The molecule has 1 amide bonds. The molecular formula is C13H9NO3. The fourth-order valence-electron chi connectivity index (χ4n) is 1.49. The molecule has 0 radical (unpaired) electrons. The van der Waals surface area contributed by atoms with Crippen LogP contribution in [-0.2, 0) is 9.59 Å². The lowest BCUT2D eigenvalue weighted by atomic mass is 10.1. The van der Waals surface area contributed by atoms with Crippen LogP contribution < -0.4 is 4.74 Å². The molecule has 0 aromatic heterocycles. The van der Waals surface area contributed by atoms with Gasteiger partial charge in [-0.05, 0) is 22.9 Å². The molecule has 4 heteroatoms. The molecule has 0 aliphatic rings. The van der Waals surface area contributed by atoms with Crippen LogP contribution in [0, 0.1) is 0 Å². The number of hydrogen-bond donors (Lipinski definition) is 0. The summed E-state index contributed by atoms with van der Waals surface area (Å²) >= 11 is 0. The molecule has 4 nitrogen and oxygen atoms in total. The van der Waals surface area contributed by atoms with Crippen molar-refractivity contribution < 1.29 is 14.3 Å². The van der Waals surface area contributed by atoms with Gasteiger partial charge in [0.05, 0.1) is 0 Å². The Balaban J connectivity index is 2.14. The molecule has 2 rings (SSSR count). The van der Waals surface area contributed by atoms with Crippen molar-refractivity contribution in [1.82, 2.24) is 0 Å². The summed E-state index contributed by atoms with van der Waals surface area (Å²) in [6, 6.07) is 13.3. The SMILES string of the molecule is O=C=NC(=O)COc1ccc2ccccc2c1. The Morgan fingerprint density at radius 1 is 1.18 bits per heavy atom. The van der Waals surface area contributed by atoms with Gasteiger partial charge in [-0.3, -0.25) is 4.79 Å². The van der Waals surface area contributed by atoms with Gasteiger partial charge in [0.25, 0.3) is 5.91 Å². The molecule has 0 heterocycles. The minimum Gasteiger partial charge on any atom is -0.484 e. The van der Waals surface area contributed by atoms with Crippen LogP contribution in [0.4, 0.5) is 0 Å². The molecule has 17 heavy (non-hydrogen) atoms. The molecule has 0 spiro atoms. The number of aliphatic imine (C=N–C) groups is 1. The maximum Gasteiger partial charge on any atom is 0.294 e. The number of fused-ring (bicyclic) bond motifs is 1. The van der Waals surface area contributed by atoms with Crippen molar-refractivity contribution in [2.75, 3.05) is 6.61 Å². The smallest absolute Gasteiger partial charge is 0.294 e. The third-order valence-electron chi connectivity index (χ3n) is 2.25. The van der Waals surface area contributed by atoms with E-state index in [4.69, 9.17) is 4.74 Å². The van der Waals surface area contributed by atoms with Gasteiger partial charge in [-0.15, -0.1) is 4.99 Å². The number of rotatable bonds is 3. The van der Waals surface area contributed by atoms with Crippen LogP contribution >= 0.6 is 0 Å². The lowest BCUT2D eigenvalue weighted by Crippen LogP contribution is -2.07. The fourth-order valence-corrected chi connectivity index (χ4v) is 1.49. The van der Waals surface area contributed by atoms with Crippen LogP contribution in [0.15, 0.2) is 47.5 Å². The van der Waals surface area contributed by atoms with Gasteiger partial charge in [0.1, 0.15) is 5.75 Å². The van der Waals surface area contributed by atoms with Gasteiger partial charge in [0.2, 0.25) is 6.08 Å². The molecular weight excluding hydrogens is 218 g/mol. The Kier molecular flexibility index (Phi) is 3.28. The molecule has 0 unspecified atom stereocenters. The largest absolute Gasteiger partial charge is 0.484 e. The maximum atomic E-state index is 10.9. The summed E-state index contributed by atoms with van der Waals surface area (Å²) in [5.74, 6) is -0.0775. The molecule has 0 aliphatic carbocycles. The van der Waals surface area contributed by atoms with E-state index >= 15 is 0 Å². The molecule has 0 saturated heterocycles. The molecule has 2 aromatic carbocycles. The first-order valence-electron chi connectivity index (χ1n) is 5.02. The van der Waals surface area contributed by atoms with E-state index in [1.165, 1.54) is 6.08 Å². The summed E-state index contributed by atoms with van der Waals surface area (Å²) in [4.78, 5) is 23.7. The summed E-state index contributed by atoms with van der Waals surface area (Å²) in [6.07, 6.45) is 1.18. The first-order chi connectivity index (χ1) is 8.29.